The minimum absolute atomic E-state index is 0.551. The highest BCUT2D eigenvalue weighted by molar-refractivity contribution is 4.53. The van der Waals surface area contributed by atoms with E-state index in [0.29, 0.717) is 0 Å². The Balaban J connectivity index is 3.14. The summed E-state index contributed by atoms with van der Waals surface area (Å²) >= 11 is 0. The molecule has 0 aromatic rings. The van der Waals surface area contributed by atoms with Gasteiger partial charge in [-0.25, -0.2) is 0 Å². The van der Waals surface area contributed by atoms with Crippen molar-refractivity contribution in [1.29, 1.82) is 0 Å². The molecule has 0 heterocycles. The largest absolute Gasteiger partial charge is 0.378 e. The first-order chi connectivity index (χ1) is 3.18. The van der Waals surface area contributed by atoms with E-state index < -0.39 is 6.23 Å². The van der Waals surface area contributed by atoms with Crippen LogP contribution in [0.25, 0.3) is 0 Å². The minimum Gasteiger partial charge on any atom is -0.378 e. The van der Waals surface area contributed by atoms with E-state index in [2.05, 4.69) is 6.92 Å². The van der Waals surface area contributed by atoms with E-state index in [4.69, 9.17) is 5.11 Å². The van der Waals surface area contributed by atoms with Crippen molar-refractivity contribution < 1.29 is 5.11 Å². The van der Waals surface area contributed by atoms with E-state index in [1.807, 2.05) is 14.0 Å². The Hall–Kier alpha value is -0.0800. The van der Waals surface area contributed by atoms with E-state index in [1.165, 1.54) is 0 Å². The van der Waals surface area contributed by atoms with Crippen LogP contribution in [0.4, 0.5) is 0 Å². The van der Waals surface area contributed by atoms with Gasteiger partial charge in [0.2, 0.25) is 0 Å². The van der Waals surface area contributed by atoms with Gasteiger partial charge in [-0.3, -0.25) is 4.90 Å². The second-order valence-electron chi connectivity index (χ2n) is 1.55. The van der Waals surface area contributed by atoms with Crippen molar-refractivity contribution in [3.05, 3.63) is 6.92 Å². The maximum Gasteiger partial charge on any atom is 0.107 e. The number of hydrogen-bond donors (Lipinski definition) is 1. The van der Waals surface area contributed by atoms with Gasteiger partial charge in [-0.2, -0.15) is 0 Å². The average Bonchev–Trinajstić information content (AvgIpc) is 1.65. The van der Waals surface area contributed by atoms with Gasteiger partial charge in [0.05, 0.1) is 0 Å². The van der Waals surface area contributed by atoms with E-state index in [0.717, 1.165) is 6.54 Å². The summed E-state index contributed by atoms with van der Waals surface area (Å²) in [5, 5.41) is 8.64. The standard InChI is InChI=1S/C5H12NO/c1-4-6(3)5(2)7/h5,7H,2,4H2,1,3H3. The highest BCUT2D eigenvalue weighted by atomic mass is 16.3. The number of aliphatic hydroxyl groups is 1. The predicted octanol–water partition coefficient (Wildman–Crippen LogP) is 0.0906. The van der Waals surface area contributed by atoms with Crippen molar-refractivity contribution in [3.8, 4) is 0 Å². The highest BCUT2D eigenvalue weighted by Crippen LogP contribution is 1.85. The van der Waals surface area contributed by atoms with E-state index in [1.54, 1.807) is 4.90 Å². The summed E-state index contributed by atoms with van der Waals surface area (Å²) in [7, 11) is 1.82. The van der Waals surface area contributed by atoms with Crippen LogP contribution in [0.5, 0.6) is 0 Å². The van der Waals surface area contributed by atoms with Crippen molar-refractivity contribution in [2.45, 2.75) is 13.2 Å². The SMILES string of the molecule is [CH2]C(O)N(C)CC. The molecule has 1 radical (unpaired) electrons. The first-order valence-corrected chi connectivity index (χ1v) is 2.40. The topological polar surface area (TPSA) is 23.5 Å². The predicted molar refractivity (Wildman–Crippen MR) is 29.7 cm³/mol. The second kappa shape index (κ2) is 2.99. The van der Waals surface area contributed by atoms with Crippen LogP contribution in [-0.2, 0) is 0 Å². The summed E-state index contributed by atoms with van der Waals surface area (Å²) in [4.78, 5) is 1.74. The summed E-state index contributed by atoms with van der Waals surface area (Å²) in [6.07, 6.45) is -0.551. The maximum absolute atomic E-state index is 8.64. The fourth-order valence-corrected chi connectivity index (χ4v) is 0.211. The van der Waals surface area contributed by atoms with Crippen LogP contribution < -0.4 is 0 Å². The molecule has 2 heteroatoms. The highest BCUT2D eigenvalue weighted by Gasteiger charge is 1.97. The summed E-state index contributed by atoms with van der Waals surface area (Å²) in [5.74, 6) is 0. The van der Waals surface area contributed by atoms with Crippen LogP contribution in [0, 0.1) is 6.92 Å². The van der Waals surface area contributed by atoms with Crippen LogP contribution >= 0.6 is 0 Å². The zero-order valence-corrected chi connectivity index (χ0v) is 4.89. The van der Waals surface area contributed by atoms with Crippen molar-refractivity contribution in [2.24, 2.45) is 0 Å². The smallest absolute Gasteiger partial charge is 0.107 e. The fourth-order valence-electron chi connectivity index (χ4n) is 0.211. The molecule has 0 bridgehead atoms. The molecule has 0 aliphatic rings. The van der Waals surface area contributed by atoms with Gasteiger partial charge in [0.25, 0.3) is 0 Å². The summed E-state index contributed by atoms with van der Waals surface area (Å²) in [6, 6.07) is 0. The number of aliphatic hydroxyl groups excluding tert-OH is 1. The number of rotatable bonds is 2. The quantitative estimate of drug-likeness (QED) is 0.499. The molecule has 0 fully saturated rings. The second-order valence-corrected chi connectivity index (χ2v) is 1.55. The van der Waals surface area contributed by atoms with E-state index in [-0.39, 0.29) is 0 Å². The molecule has 0 aliphatic heterocycles. The lowest BCUT2D eigenvalue weighted by atomic mass is 10.5. The van der Waals surface area contributed by atoms with Gasteiger partial charge in [0.1, 0.15) is 6.23 Å². The van der Waals surface area contributed by atoms with Crippen LogP contribution in [-0.4, -0.2) is 29.8 Å². The molecule has 43 valence electrons. The molecule has 1 atom stereocenters. The van der Waals surface area contributed by atoms with Gasteiger partial charge in [0.15, 0.2) is 0 Å². The third kappa shape index (κ3) is 2.60. The van der Waals surface area contributed by atoms with Gasteiger partial charge in [-0.1, -0.05) is 6.92 Å². The lowest BCUT2D eigenvalue weighted by molar-refractivity contribution is 0.0648. The molecule has 0 amide bonds. The molecule has 7 heavy (non-hydrogen) atoms. The minimum atomic E-state index is -0.551. The monoisotopic (exact) mass is 102 g/mol. The molecule has 0 aromatic heterocycles. The Kier molecular flexibility index (Phi) is 2.96. The molecule has 0 aromatic carbocycles. The molecular weight excluding hydrogens is 90.1 g/mol. The molecule has 0 rings (SSSR count). The fraction of sp³-hybridized carbons (Fsp3) is 0.800. The normalized spacial score (nSPS) is 15.0. The van der Waals surface area contributed by atoms with Crippen molar-refractivity contribution in [3.63, 3.8) is 0 Å². The van der Waals surface area contributed by atoms with Crippen LogP contribution in [0.15, 0.2) is 0 Å². The van der Waals surface area contributed by atoms with Crippen molar-refractivity contribution >= 4 is 0 Å². The summed E-state index contributed by atoms with van der Waals surface area (Å²) in [5.41, 5.74) is 0. The first kappa shape index (κ1) is 6.92. The van der Waals surface area contributed by atoms with Crippen LogP contribution in [0.2, 0.25) is 0 Å². The van der Waals surface area contributed by atoms with Gasteiger partial charge in [0, 0.05) is 0 Å². The maximum atomic E-state index is 8.64. The molecule has 0 aliphatic carbocycles. The zero-order valence-electron chi connectivity index (χ0n) is 4.89. The molecule has 1 unspecified atom stereocenters. The summed E-state index contributed by atoms with van der Waals surface area (Å²) in [6.45, 7) is 6.20. The third-order valence-electron chi connectivity index (χ3n) is 1.01. The molecule has 2 nitrogen and oxygen atoms in total. The van der Waals surface area contributed by atoms with Gasteiger partial charge >= 0.3 is 0 Å². The third-order valence-corrected chi connectivity index (χ3v) is 1.01. The van der Waals surface area contributed by atoms with Gasteiger partial charge < -0.3 is 5.11 Å². The Morgan fingerprint density at radius 2 is 2.29 bits per heavy atom. The first-order valence-electron chi connectivity index (χ1n) is 2.40. The average molecular weight is 102 g/mol. The van der Waals surface area contributed by atoms with Gasteiger partial charge in [-0.15, -0.1) is 0 Å². The summed E-state index contributed by atoms with van der Waals surface area (Å²) < 4.78 is 0. The van der Waals surface area contributed by atoms with Crippen molar-refractivity contribution in [2.75, 3.05) is 13.6 Å². The molecule has 1 N–H and O–H groups in total. The van der Waals surface area contributed by atoms with E-state index in [9.17, 15) is 0 Å². The number of hydrogen-bond acceptors (Lipinski definition) is 2. The van der Waals surface area contributed by atoms with Crippen LogP contribution in [0.3, 0.4) is 0 Å². The molecule has 0 spiro atoms. The molecule has 0 saturated carbocycles. The lowest BCUT2D eigenvalue weighted by Crippen LogP contribution is -2.28. The van der Waals surface area contributed by atoms with Gasteiger partial charge in [-0.05, 0) is 20.5 Å². The van der Waals surface area contributed by atoms with Crippen LogP contribution in [0.1, 0.15) is 6.92 Å². The van der Waals surface area contributed by atoms with E-state index >= 15 is 0 Å². The Labute approximate surface area is 44.8 Å². The Morgan fingerprint density at radius 3 is 2.29 bits per heavy atom. The zero-order chi connectivity index (χ0) is 5.86. The molecular formula is C5H12NO. The Morgan fingerprint density at radius 1 is 1.86 bits per heavy atom. The van der Waals surface area contributed by atoms with Crippen molar-refractivity contribution in [1.82, 2.24) is 4.90 Å². The number of nitrogens with zero attached hydrogens (tertiary/aromatic N) is 1. The lowest BCUT2D eigenvalue weighted by Gasteiger charge is -2.15. The molecule has 0 saturated heterocycles. The Bertz CT molecular complexity index is 45.3.